The first-order valence-electron chi connectivity index (χ1n) is 3.41. The summed E-state index contributed by atoms with van der Waals surface area (Å²) >= 11 is 0. The average molecular weight is 190 g/mol. The predicted molar refractivity (Wildman–Crippen MR) is 48.5 cm³/mol. The van der Waals surface area contributed by atoms with Crippen molar-refractivity contribution >= 4 is 12.4 Å². The van der Waals surface area contributed by atoms with E-state index in [0.717, 1.165) is 5.56 Å². The zero-order valence-corrected chi connectivity index (χ0v) is 7.85. The molecular weight excluding hydrogens is 178 g/mol. The molecule has 68 valence electrons. The molecule has 0 amide bonds. The van der Waals surface area contributed by atoms with Crippen LogP contribution in [0.25, 0.3) is 0 Å². The summed E-state index contributed by atoms with van der Waals surface area (Å²) in [6.07, 6.45) is 1.64. The van der Waals surface area contributed by atoms with Gasteiger partial charge in [-0.05, 0) is 19.4 Å². The van der Waals surface area contributed by atoms with Gasteiger partial charge in [0, 0.05) is 11.8 Å². The zero-order valence-electron chi connectivity index (χ0n) is 7.03. The van der Waals surface area contributed by atoms with Crippen molar-refractivity contribution in [1.29, 1.82) is 0 Å². The van der Waals surface area contributed by atoms with Crippen LogP contribution in [-0.2, 0) is 6.61 Å². The normalized spacial score (nSPS) is 9.25. The topological polar surface area (TPSA) is 53.4 Å². The molecule has 0 saturated heterocycles. The van der Waals surface area contributed by atoms with E-state index in [0.29, 0.717) is 11.3 Å². The molecule has 0 saturated carbocycles. The summed E-state index contributed by atoms with van der Waals surface area (Å²) in [6, 6.07) is 0. The van der Waals surface area contributed by atoms with E-state index in [2.05, 4.69) is 4.98 Å². The van der Waals surface area contributed by atoms with E-state index in [9.17, 15) is 5.11 Å². The minimum absolute atomic E-state index is 0. The van der Waals surface area contributed by atoms with Crippen LogP contribution in [0.5, 0.6) is 5.75 Å². The molecule has 1 aromatic heterocycles. The molecule has 0 aliphatic carbocycles. The van der Waals surface area contributed by atoms with Gasteiger partial charge in [-0.3, -0.25) is 4.98 Å². The lowest BCUT2D eigenvalue weighted by atomic mass is 10.1. The summed E-state index contributed by atoms with van der Waals surface area (Å²) in [4.78, 5) is 3.93. The van der Waals surface area contributed by atoms with Crippen molar-refractivity contribution < 1.29 is 10.2 Å². The third-order valence-corrected chi connectivity index (χ3v) is 1.71. The molecule has 0 aliphatic heterocycles. The Kier molecular flexibility index (Phi) is 4.00. The Hall–Kier alpha value is -0.800. The van der Waals surface area contributed by atoms with Crippen molar-refractivity contribution in [2.24, 2.45) is 0 Å². The summed E-state index contributed by atoms with van der Waals surface area (Å²) < 4.78 is 0. The van der Waals surface area contributed by atoms with Crippen LogP contribution in [0.3, 0.4) is 0 Å². The van der Waals surface area contributed by atoms with Crippen LogP contribution in [0.2, 0.25) is 0 Å². The molecule has 1 heterocycles. The number of nitrogens with zero attached hydrogens (tertiary/aromatic N) is 1. The first kappa shape index (κ1) is 11.2. The van der Waals surface area contributed by atoms with Gasteiger partial charge in [-0.2, -0.15) is 0 Å². The number of aryl methyl sites for hydroxylation is 2. The average Bonchev–Trinajstić information content (AvgIpc) is 1.99. The molecule has 1 aromatic rings. The summed E-state index contributed by atoms with van der Waals surface area (Å²) in [5, 5.41) is 18.2. The van der Waals surface area contributed by atoms with Gasteiger partial charge < -0.3 is 10.2 Å². The van der Waals surface area contributed by atoms with Crippen molar-refractivity contribution in [2.45, 2.75) is 20.5 Å². The van der Waals surface area contributed by atoms with Crippen molar-refractivity contribution in [3.8, 4) is 5.75 Å². The number of aliphatic hydroxyl groups is 1. The monoisotopic (exact) mass is 189 g/mol. The molecule has 3 nitrogen and oxygen atoms in total. The number of hydrogen-bond acceptors (Lipinski definition) is 3. The Balaban J connectivity index is 0.00000121. The maximum atomic E-state index is 9.36. The molecule has 0 bridgehead atoms. The molecule has 2 N–H and O–H groups in total. The minimum atomic E-state index is -0.138. The molecule has 0 unspecified atom stereocenters. The molecule has 1 rings (SSSR count). The van der Waals surface area contributed by atoms with Gasteiger partial charge in [0.15, 0.2) is 0 Å². The summed E-state index contributed by atoms with van der Waals surface area (Å²) in [6.45, 7) is 3.37. The molecule has 0 aromatic carbocycles. The van der Waals surface area contributed by atoms with E-state index in [-0.39, 0.29) is 24.8 Å². The summed E-state index contributed by atoms with van der Waals surface area (Å²) in [7, 11) is 0. The van der Waals surface area contributed by atoms with Gasteiger partial charge in [-0.15, -0.1) is 12.4 Å². The highest BCUT2D eigenvalue weighted by Crippen LogP contribution is 2.22. The van der Waals surface area contributed by atoms with E-state index in [1.807, 2.05) is 0 Å². The van der Waals surface area contributed by atoms with Crippen LogP contribution in [0, 0.1) is 13.8 Å². The molecule has 0 radical (unpaired) electrons. The fourth-order valence-electron chi connectivity index (χ4n) is 0.937. The Morgan fingerprint density at radius 2 is 2.00 bits per heavy atom. The largest absolute Gasteiger partial charge is 0.506 e. The van der Waals surface area contributed by atoms with Gasteiger partial charge in [0.05, 0.1) is 12.3 Å². The maximum Gasteiger partial charge on any atom is 0.142 e. The van der Waals surface area contributed by atoms with Gasteiger partial charge in [0.1, 0.15) is 5.75 Å². The Labute approximate surface area is 77.5 Å². The number of aliphatic hydroxyl groups excluding tert-OH is 1. The zero-order chi connectivity index (χ0) is 8.43. The quantitative estimate of drug-likeness (QED) is 0.701. The second-order valence-electron chi connectivity index (χ2n) is 2.51. The van der Waals surface area contributed by atoms with Gasteiger partial charge in [-0.1, -0.05) is 0 Å². The lowest BCUT2D eigenvalue weighted by molar-refractivity contribution is 0.274. The van der Waals surface area contributed by atoms with E-state index in [4.69, 9.17) is 5.11 Å². The van der Waals surface area contributed by atoms with Crippen molar-refractivity contribution in [1.82, 2.24) is 4.98 Å². The summed E-state index contributed by atoms with van der Waals surface area (Å²) in [5.74, 6) is 0.104. The first-order chi connectivity index (χ1) is 5.16. The van der Waals surface area contributed by atoms with Crippen LogP contribution in [-0.4, -0.2) is 15.2 Å². The molecule has 0 aliphatic rings. The fraction of sp³-hybridized carbons (Fsp3) is 0.375. The highest BCUT2D eigenvalue weighted by Gasteiger charge is 2.06. The molecule has 12 heavy (non-hydrogen) atoms. The molecule has 4 heteroatoms. The van der Waals surface area contributed by atoms with Crippen LogP contribution in [0.4, 0.5) is 0 Å². The number of hydrogen-bond donors (Lipinski definition) is 2. The van der Waals surface area contributed by atoms with E-state index in [1.165, 1.54) is 0 Å². The Morgan fingerprint density at radius 3 is 2.42 bits per heavy atom. The highest BCUT2D eigenvalue weighted by molar-refractivity contribution is 5.85. The van der Waals surface area contributed by atoms with Crippen LogP contribution in [0.15, 0.2) is 6.20 Å². The number of aromatic hydroxyl groups is 1. The highest BCUT2D eigenvalue weighted by atomic mass is 35.5. The summed E-state index contributed by atoms with van der Waals surface area (Å²) in [5.41, 5.74) is 1.94. The van der Waals surface area contributed by atoms with Crippen molar-refractivity contribution in [2.75, 3.05) is 0 Å². The third-order valence-electron chi connectivity index (χ3n) is 1.71. The SMILES string of the molecule is Cc1cnc(C)c(O)c1CO.Cl. The first-order valence-corrected chi connectivity index (χ1v) is 3.41. The van der Waals surface area contributed by atoms with Crippen LogP contribution in [0.1, 0.15) is 16.8 Å². The van der Waals surface area contributed by atoms with Gasteiger partial charge >= 0.3 is 0 Å². The maximum absolute atomic E-state index is 9.36. The standard InChI is InChI=1S/C8H11NO2.ClH/c1-5-3-9-6(2)8(11)7(5)4-10;/h3,10-11H,4H2,1-2H3;1H. The van der Waals surface area contributed by atoms with E-state index in [1.54, 1.807) is 20.0 Å². The van der Waals surface area contributed by atoms with Gasteiger partial charge in [-0.25, -0.2) is 0 Å². The Bertz CT molecular complexity index is 276. The predicted octanol–water partition coefficient (Wildman–Crippen LogP) is 1.32. The smallest absolute Gasteiger partial charge is 0.142 e. The molecule has 0 spiro atoms. The fourth-order valence-corrected chi connectivity index (χ4v) is 0.937. The molecular formula is C8H12ClNO2. The lowest BCUT2D eigenvalue weighted by Crippen LogP contribution is -1.93. The second kappa shape index (κ2) is 4.28. The number of rotatable bonds is 1. The van der Waals surface area contributed by atoms with Crippen molar-refractivity contribution in [3.05, 3.63) is 23.0 Å². The molecule has 0 fully saturated rings. The lowest BCUT2D eigenvalue weighted by Gasteiger charge is -2.05. The Morgan fingerprint density at radius 1 is 1.42 bits per heavy atom. The number of halogens is 1. The van der Waals surface area contributed by atoms with E-state index < -0.39 is 0 Å². The van der Waals surface area contributed by atoms with Crippen molar-refractivity contribution in [3.63, 3.8) is 0 Å². The third kappa shape index (κ3) is 1.87. The van der Waals surface area contributed by atoms with Gasteiger partial charge in [0.25, 0.3) is 0 Å². The molecule has 0 atom stereocenters. The van der Waals surface area contributed by atoms with Gasteiger partial charge in [0.2, 0.25) is 0 Å². The van der Waals surface area contributed by atoms with Crippen LogP contribution >= 0.6 is 12.4 Å². The van der Waals surface area contributed by atoms with Crippen LogP contribution < -0.4 is 0 Å². The second-order valence-corrected chi connectivity index (χ2v) is 2.51. The van der Waals surface area contributed by atoms with E-state index >= 15 is 0 Å². The number of pyridine rings is 1. The minimum Gasteiger partial charge on any atom is -0.506 e. The number of aromatic nitrogens is 1.